The second-order valence-corrected chi connectivity index (χ2v) is 5.60. The molecule has 0 radical (unpaired) electrons. The van der Waals surface area contributed by atoms with Gasteiger partial charge in [-0.25, -0.2) is 0 Å². The Morgan fingerprint density at radius 1 is 1.25 bits per heavy atom. The number of nitrogens with two attached hydrogens (primary N) is 1. The van der Waals surface area contributed by atoms with Gasteiger partial charge in [0.1, 0.15) is 0 Å². The fourth-order valence-electron chi connectivity index (χ4n) is 2.00. The molecule has 110 valence electrons. The molecule has 7 heteroatoms. The van der Waals surface area contributed by atoms with Crippen molar-refractivity contribution in [3.63, 3.8) is 0 Å². The maximum atomic E-state index is 12.0. The third kappa shape index (κ3) is 3.69. The Morgan fingerprint density at radius 2 is 1.80 bits per heavy atom. The zero-order valence-corrected chi connectivity index (χ0v) is 12.7. The molecule has 1 fully saturated rings. The third-order valence-electron chi connectivity index (χ3n) is 3.22. The molecule has 0 aliphatic carbocycles. The first-order chi connectivity index (χ1) is 9.47. The van der Waals surface area contributed by atoms with Crippen LogP contribution in [0.3, 0.4) is 0 Å². The van der Waals surface area contributed by atoms with Crippen molar-refractivity contribution < 1.29 is 9.53 Å². The highest BCUT2D eigenvalue weighted by atomic mass is 35.5. The van der Waals surface area contributed by atoms with Crippen molar-refractivity contribution in [1.29, 1.82) is 0 Å². The van der Waals surface area contributed by atoms with E-state index in [0.29, 0.717) is 34.6 Å². The molecule has 1 heterocycles. The molecule has 2 N–H and O–H groups in total. The van der Waals surface area contributed by atoms with Crippen molar-refractivity contribution in [1.82, 2.24) is 9.80 Å². The van der Waals surface area contributed by atoms with Crippen LogP contribution in [-0.4, -0.2) is 55.5 Å². The van der Waals surface area contributed by atoms with E-state index in [2.05, 4.69) is 4.90 Å². The number of halogens is 2. The molecule has 5 nitrogen and oxygen atoms in total. The molecular weight excluding hydrogens is 301 g/mol. The normalized spacial score (nSPS) is 16.2. The summed E-state index contributed by atoms with van der Waals surface area (Å²) in [7, 11) is 2.03. The topological polar surface area (TPSA) is 58.8 Å². The summed E-state index contributed by atoms with van der Waals surface area (Å²) < 4.78 is 5.44. The maximum Gasteiger partial charge on any atom is 0.260 e. The number of nitrogen functional groups attached to an aromatic ring is 1. The minimum atomic E-state index is -0.0763. The number of hydrogen-bond donors (Lipinski definition) is 1. The Hall–Kier alpha value is -1.17. The van der Waals surface area contributed by atoms with Crippen molar-refractivity contribution in [3.8, 4) is 5.75 Å². The largest absolute Gasteiger partial charge is 0.481 e. The molecule has 0 bridgehead atoms. The van der Waals surface area contributed by atoms with E-state index >= 15 is 0 Å². The minimum absolute atomic E-state index is 0.0675. The average molecular weight is 318 g/mol. The Labute approximate surface area is 128 Å². The van der Waals surface area contributed by atoms with Crippen molar-refractivity contribution in [2.75, 3.05) is 45.6 Å². The van der Waals surface area contributed by atoms with Gasteiger partial charge in [-0.3, -0.25) is 4.79 Å². The lowest BCUT2D eigenvalue weighted by atomic mass is 10.3. The molecule has 1 aliphatic rings. The van der Waals surface area contributed by atoms with Crippen LogP contribution in [0.5, 0.6) is 5.75 Å². The van der Waals surface area contributed by atoms with Gasteiger partial charge in [0.05, 0.1) is 10.0 Å². The van der Waals surface area contributed by atoms with Crippen LogP contribution in [0.15, 0.2) is 12.1 Å². The first kappa shape index (κ1) is 15.2. The highest BCUT2D eigenvalue weighted by Gasteiger charge is 2.20. The zero-order chi connectivity index (χ0) is 14.7. The van der Waals surface area contributed by atoms with E-state index in [9.17, 15) is 4.79 Å². The van der Waals surface area contributed by atoms with E-state index in [1.165, 1.54) is 0 Å². The fourth-order valence-corrected chi connectivity index (χ4v) is 2.61. The van der Waals surface area contributed by atoms with Gasteiger partial charge in [-0.15, -0.1) is 0 Å². The van der Waals surface area contributed by atoms with Crippen LogP contribution in [0.2, 0.25) is 10.0 Å². The quantitative estimate of drug-likeness (QED) is 0.862. The fraction of sp³-hybridized carbons (Fsp3) is 0.462. The maximum absolute atomic E-state index is 12.0. The monoisotopic (exact) mass is 317 g/mol. The van der Waals surface area contributed by atoms with E-state index in [0.717, 1.165) is 13.1 Å². The summed E-state index contributed by atoms with van der Waals surface area (Å²) in [6.07, 6.45) is 0. The Balaban J connectivity index is 1.94. The molecule has 0 atom stereocenters. The van der Waals surface area contributed by atoms with Gasteiger partial charge in [-0.1, -0.05) is 23.2 Å². The Kier molecular flexibility index (Phi) is 4.96. The molecule has 1 amide bonds. The number of ether oxygens (including phenoxy) is 1. The van der Waals surface area contributed by atoms with E-state index in [4.69, 9.17) is 33.7 Å². The van der Waals surface area contributed by atoms with Crippen LogP contribution in [0.4, 0.5) is 5.69 Å². The number of carbonyl (C=O) groups excluding carboxylic acids is 1. The highest BCUT2D eigenvalue weighted by Crippen LogP contribution is 2.35. The Morgan fingerprint density at radius 3 is 2.35 bits per heavy atom. The summed E-state index contributed by atoms with van der Waals surface area (Å²) in [5.74, 6) is 0.229. The van der Waals surface area contributed by atoms with Gasteiger partial charge < -0.3 is 20.3 Å². The first-order valence-electron chi connectivity index (χ1n) is 6.31. The zero-order valence-electron chi connectivity index (χ0n) is 11.2. The number of anilines is 1. The van der Waals surface area contributed by atoms with Gasteiger partial charge in [0.2, 0.25) is 0 Å². The Bertz CT molecular complexity index is 479. The van der Waals surface area contributed by atoms with Crippen LogP contribution < -0.4 is 10.5 Å². The third-order valence-corrected chi connectivity index (χ3v) is 3.78. The standard InChI is InChI=1S/C13H17Cl2N3O2/c1-17-2-4-18(5-3-17)12(19)8-20-13-10(14)6-9(16)7-11(13)15/h6-7H,2-5,8,16H2,1H3. The summed E-state index contributed by atoms with van der Waals surface area (Å²) in [6, 6.07) is 3.09. The molecule has 0 unspecified atom stereocenters. The molecule has 20 heavy (non-hydrogen) atoms. The summed E-state index contributed by atoms with van der Waals surface area (Å²) in [6.45, 7) is 3.08. The van der Waals surface area contributed by atoms with E-state index in [-0.39, 0.29) is 12.5 Å². The number of hydrogen-bond acceptors (Lipinski definition) is 4. The van der Waals surface area contributed by atoms with Gasteiger partial charge in [-0.05, 0) is 19.2 Å². The SMILES string of the molecule is CN1CCN(C(=O)COc2c(Cl)cc(N)cc2Cl)CC1. The van der Waals surface area contributed by atoms with Gasteiger partial charge in [0.25, 0.3) is 5.91 Å². The van der Waals surface area contributed by atoms with Crippen LogP contribution in [0, 0.1) is 0 Å². The number of nitrogens with zero attached hydrogens (tertiary/aromatic N) is 2. The predicted molar refractivity (Wildman–Crippen MR) is 80.4 cm³/mol. The number of benzene rings is 1. The van der Waals surface area contributed by atoms with Crippen LogP contribution in [0.1, 0.15) is 0 Å². The molecule has 1 aromatic carbocycles. The van der Waals surface area contributed by atoms with Crippen molar-refractivity contribution >= 4 is 34.8 Å². The number of rotatable bonds is 3. The number of carbonyl (C=O) groups is 1. The molecule has 0 aromatic heterocycles. The predicted octanol–water partition coefficient (Wildman–Crippen LogP) is 1.73. The van der Waals surface area contributed by atoms with E-state index in [1.54, 1.807) is 17.0 Å². The lowest BCUT2D eigenvalue weighted by Crippen LogP contribution is -2.48. The second-order valence-electron chi connectivity index (χ2n) is 4.79. The van der Waals surface area contributed by atoms with Crippen LogP contribution >= 0.6 is 23.2 Å². The summed E-state index contributed by atoms with van der Waals surface area (Å²) in [5, 5.41) is 0.613. The van der Waals surface area contributed by atoms with Crippen molar-refractivity contribution in [3.05, 3.63) is 22.2 Å². The smallest absolute Gasteiger partial charge is 0.260 e. The van der Waals surface area contributed by atoms with Crippen molar-refractivity contribution in [2.24, 2.45) is 0 Å². The number of piperazine rings is 1. The number of amides is 1. The molecule has 2 rings (SSSR count). The number of likely N-dealkylation sites (N-methyl/N-ethyl adjacent to an activating group) is 1. The minimum Gasteiger partial charge on any atom is -0.481 e. The molecule has 1 saturated heterocycles. The van der Waals surface area contributed by atoms with Gasteiger partial charge >= 0.3 is 0 Å². The van der Waals surface area contributed by atoms with E-state index in [1.807, 2.05) is 7.05 Å². The average Bonchev–Trinajstić information content (AvgIpc) is 2.38. The highest BCUT2D eigenvalue weighted by molar-refractivity contribution is 6.37. The van der Waals surface area contributed by atoms with Gasteiger partial charge in [-0.2, -0.15) is 0 Å². The van der Waals surface area contributed by atoms with E-state index < -0.39 is 0 Å². The molecule has 0 saturated carbocycles. The molecule has 1 aromatic rings. The molecule has 0 spiro atoms. The van der Waals surface area contributed by atoms with Crippen LogP contribution in [0.25, 0.3) is 0 Å². The lowest BCUT2D eigenvalue weighted by Gasteiger charge is -2.32. The summed E-state index contributed by atoms with van der Waals surface area (Å²) in [5.41, 5.74) is 6.07. The first-order valence-corrected chi connectivity index (χ1v) is 7.06. The summed E-state index contributed by atoms with van der Waals surface area (Å²) in [4.78, 5) is 16.0. The molecule has 1 aliphatic heterocycles. The summed E-state index contributed by atoms with van der Waals surface area (Å²) >= 11 is 12.0. The second kappa shape index (κ2) is 6.52. The van der Waals surface area contributed by atoms with Gasteiger partial charge in [0.15, 0.2) is 12.4 Å². The van der Waals surface area contributed by atoms with Crippen LogP contribution in [-0.2, 0) is 4.79 Å². The van der Waals surface area contributed by atoms with Gasteiger partial charge in [0, 0.05) is 31.9 Å². The molecular formula is C13H17Cl2N3O2. The lowest BCUT2D eigenvalue weighted by molar-refractivity contribution is -0.134. The van der Waals surface area contributed by atoms with Crippen molar-refractivity contribution in [2.45, 2.75) is 0 Å².